The normalized spacial score (nSPS) is 13.0. The first-order valence-electron chi connectivity index (χ1n) is 5.46. The van der Waals surface area contributed by atoms with Gasteiger partial charge < -0.3 is 0 Å². The molecule has 1 aromatic carbocycles. The average molecular weight is 222 g/mol. The summed E-state index contributed by atoms with van der Waals surface area (Å²) in [5, 5.41) is 0. The van der Waals surface area contributed by atoms with Gasteiger partial charge in [-0.05, 0) is 34.1 Å². The minimum Gasteiger partial charge on any atom is -0.143 e. The van der Waals surface area contributed by atoms with Crippen molar-refractivity contribution in [2.45, 2.75) is 57.3 Å². The predicted octanol–water partition coefficient (Wildman–Crippen LogP) is 4.57. The summed E-state index contributed by atoms with van der Waals surface area (Å²) in [4.78, 5) is 1.05. The lowest BCUT2D eigenvalue weighted by atomic mass is 9.75. The first-order valence-corrected chi connectivity index (χ1v) is 5.91. The Labute approximate surface area is 99.5 Å². The lowest BCUT2D eigenvalue weighted by Gasteiger charge is -2.30. The van der Waals surface area contributed by atoms with Gasteiger partial charge in [0.1, 0.15) is 0 Å². The van der Waals surface area contributed by atoms with Gasteiger partial charge in [0.15, 0.2) is 0 Å². The highest BCUT2D eigenvalue weighted by Gasteiger charge is 2.24. The highest BCUT2D eigenvalue weighted by molar-refractivity contribution is 7.80. The Kier molecular flexibility index (Phi) is 3.25. The molecular formula is C14H22S. The molecular weight excluding hydrogens is 200 g/mol. The minimum atomic E-state index is 0.182. The molecule has 84 valence electrons. The smallest absolute Gasteiger partial charge is 0.00431 e. The molecule has 0 aliphatic heterocycles. The van der Waals surface area contributed by atoms with Crippen LogP contribution < -0.4 is 0 Å². The van der Waals surface area contributed by atoms with Crippen molar-refractivity contribution >= 4 is 12.6 Å². The Morgan fingerprint density at radius 2 is 1.27 bits per heavy atom. The van der Waals surface area contributed by atoms with E-state index in [-0.39, 0.29) is 10.8 Å². The van der Waals surface area contributed by atoms with Gasteiger partial charge in [-0.3, -0.25) is 0 Å². The van der Waals surface area contributed by atoms with E-state index < -0.39 is 0 Å². The monoisotopic (exact) mass is 222 g/mol. The van der Waals surface area contributed by atoms with Crippen molar-refractivity contribution in [3.63, 3.8) is 0 Å². The second-order valence-electron chi connectivity index (χ2n) is 6.23. The fourth-order valence-electron chi connectivity index (χ4n) is 1.81. The molecule has 0 aliphatic rings. The van der Waals surface area contributed by atoms with Crippen LogP contribution in [0.2, 0.25) is 0 Å². The van der Waals surface area contributed by atoms with Gasteiger partial charge in [-0.1, -0.05) is 47.6 Å². The zero-order valence-corrected chi connectivity index (χ0v) is 11.6. The quantitative estimate of drug-likeness (QED) is 0.611. The molecule has 0 atom stereocenters. The van der Waals surface area contributed by atoms with Crippen molar-refractivity contribution in [2.24, 2.45) is 0 Å². The average Bonchev–Trinajstić information content (AvgIpc) is 2.00. The van der Waals surface area contributed by atoms with Gasteiger partial charge in [0.2, 0.25) is 0 Å². The minimum absolute atomic E-state index is 0.182. The van der Waals surface area contributed by atoms with Crippen molar-refractivity contribution in [1.82, 2.24) is 0 Å². The summed E-state index contributed by atoms with van der Waals surface area (Å²) in [6, 6.07) is 6.49. The van der Waals surface area contributed by atoms with Gasteiger partial charge in [-0.2, -0.15) is 0 Å². The Hall–Kier alpha value is -0.430. The number of hydrogen-bond acceptors (Lipinski definition) is 1. The van der Waals surface area contributed by atoms with Crippen LogP contribution in [-0.4, -0.2) is 0 Å². The highest BCUT2D eigenvalue weighted by atomic mass is 32.1. The maximum Gasteiger partial charge on any atom is 0.00431 e. The molecule has 0 saturated heterocycles. The van der Waals surface area contributed by atoms with Gasteiger partial charge in [0, 0.05) is 4.90 Å². The number of rotatable bonds is 0. The highest BCUT2D eigenvalue weighted by Crippen LogP contribution is 2.34. The Balaban J connectivity index is 3.41. The van der Waals surface area contributed by atoms with Crippen LogP contribution in [0.15, 0.2) is 23.1 Å². The Bertz CT molecular complexity index is 351. The summed E-state index contributed by atoms with van der Waals surface area (Å²) < 4.78 is 0. The van der Waals surface area contributed by atoms with Crippen molar-refractivity contribution in [2.75, 3.05) is 0 Å². The van der Waals surface area contributed by atoms with Gasteiger partial charge in [0.05, 0.1) is 0 Å². The van der Waals surface area contributed by atoms with E-state index in [1.807, 2.05) is 0 Å². The van der Waals surface area contributed by atoms with E-state index in [0.717, 1.165) is 4.90 Å². The second-order valence-corrected chi connectivity index (χ2v) is 6.75. The molecule has 0 aliphatic carbocycles. The van der Waals surface area contributed by atoms with E-state index in [9.17, 15) is 0 Å². The van der Waals surface area contributed by atoms with Crippen molar-refractivity contribution < 1.29 is 0 Å². The maximum absolute atomic E-state index is 4.43. The summed E-state index contributed by atoms with van der Waals surface area (Å²) >= 11 is 4.43. The van der Waals surface area contributed by atoms with Crippen LogP contribution in [-0.2, 0) is 10.8 Å². The number of benzene rings is 1. The van der Waals surface area contributed by atoms with E-state index in [1.54, 1.807) is 0 Å². The summed E-state index contributed by atoms with van der Waals surface area (Å²) in [5.74, 6) is 0. The van der Waals surface area contributed by atoms with Crippen LogP contribution in [0, 0.1) is 0 Å². The fourth-order valence-corrected chi connectivity index (χ4v) is 2.01. The Morgan fingerprint density at radius 3 is 1.67 bits per heavy atom. The SMILES string of the molecule is CC(C)(C)c1ccc(S)cc1C(C)(C)C. The van der Waals surface area contributed by atoms with Crippen LogP contribution in [0.25, 0.3) is 0 Å². The van der Waals surface area contributed by atoms with E-state index in [4.69, 9.17) is 0 Å². The summed E-state index contributed by atoms with van der Waals surface area (Å²) in [5.41, 5.74) is 3.21. The van der Waals surface area contributed by atoms with E-state index in [1.165, 1.54) is 11.1 Å². The standard InChI is InChI=1S/C14H22S/c1-13(2,3)11-8-7-10(15)9-12(11)14(4,5)6/h7-9,15H,1-6H3. The molecule has 1 heteroatoms. The van der Waals surface area contributed by atoms with E-state index in [0.29, 0.717) is 0 Å². The van der Waals surface area contributed by atoms with Crippen LogP contribution >= 0.6 is 12.6 Å². The van der Waals surface area contributed by atoms with Gasteiger partial charge in [0.25, 0.3) is 0 Å². The molecule has 0 unspecified atom stereocenters. The molecule has 1 rings (SSSR count). The number of thiol groups is 1. The van der Waals surface area contributed by atoms with Crippen LogP contribution in [0.4, 0.5) is 0 Å². The molecule has 0 spiro atoms. The third-order valence-electron chi connectivity index (χ3n) is 2.62. The van der Waals surface area contributed by atoms with Crippen LogP contribution in [0.3, 0.4) is 0 Å². The van der Waals surface area contributed by atoms with E-state index in [2.05, 4.69) is 72.4 Å². The van der Waals surface area contributed by atoms with Crippen molar-refractivity contribution in [3.8, 4) is 0 Å². The van der Waals surface area contributed by atoms with Gasteiger partial charge >= 0.3 is 0 Å². The first-order chi connectivity index (χ1) is 6.62. The molecule has 0 fully saturated rings. The molecule has 15 heavy (non-hydrogen) atoms. The lowest BCUT2D eigenvalue weighted by Crippen LogP contribution is -2.21. The van der Waals surface area contributed by atoms with Crippen LogP contribution in [0.1, 0.15) is 52.7 Å². The zero-order chi connectivity index (χ0) is 11.9. The summed E-state index contributed by atoms with van der Waals surface area (Å²) in [6.45, 7) is 13.5. The predicted molar refractivity (Wildman–Crippen MR) is 71.1 cm³/mol. The molecule has 0 nitrogen and oxygen atoms in total. The van der Waals surface area contributed by atoms with Crippen molar-refractivity contribution in [1.29, 1.82) is 0 Å². The van der Waals surface area contributed by atoms with Gasteiger partial charge in [-0.15, -0.1) is 12.6 Å². The molecule has 0 radical (unpaired) electrons. The third kappa shape index (κ3) is 3.01. The first kappa shape index (κ1) is 12.6. The zero-order valence-electron chi connectivity index (χ0n) is 10.7. The van der Waals surface area contributed by atoms with Gasteiger partial charge in [-0.25, -0.2) is 0 Å². The fraction of sp³-hybridized carbons (Fsp3) is 0.571. The topological polar surface area (TPSA) is 0 Å². The molecule has 0 aromatic heterocycles. The molecule has 0 N–H and O–H groups in total. The molecule has 0 amide bonds. The summed E-state index contributed by atoms with van der Waals surface area (Å²) in [7, 11) is 0. The molecule has 0 heterocycles. The second kappa shape index (κ2) is 3.86. The largest absolute Gasteiger partial charge is 0.143 e. The summed E-state index contributed by atoms with van der Waals surface area (Å²) in [6.07, 6.45) is 0. The van der Waals surface area contributed by atoms with Crippen molar-refractivity contribution in [3.05, 3.63) is 29.3 Å². The number of hydrogen-bond donors (Lipinski definition) is 1. The Morgan fingerprint density at radius 1 is 0.800 bits per heavy atom. The lowest BCUT2D eigenvalue weighted by molar-refractivity contribution is 0.529. The van der Waals surface area contributed by atoms with Crippen LogP contribution in [0.5, 0.6) is 0 Å². The molecule has 1 aromatic rings. The maximum atomic E-state index is 4.43. The van der Waals surface area contributed by atoms with E-state index >= 15 is 0 Å². The molecule has 0 bridgehead atoms. The molecule has 0 saturated carbocycles. The third-order valence-corrected chi connectivity index (χ3v) is 2.90.